The fourth-order valence-corrected chi connectivity index (χ4v) is 1.29. The molecule has 0 aliphatic carbocycles. The molecule has 14 heavy (non-hydrogen) atoms. The third-order valence-electron chi connectivity index (χ3n) is 1.95. The van der Waals surface area contributed by atoms with Crippen LogP contribution in [0, 0.1) is 11.3 Å². The van der Waals surface area contributed by atoms with Crippen LogP contribution in [0.25, 0.3) is 0 Å². The van der Waals surface area contributed by atoms with Crippen molar-refractivity contribution >= 4 is 11.7 Å². The summed E-state index contributed by atoms with van der Waals surface area (Å²) in [5.41, 5.74) is 0. The first-order chi connectivity index (χ1) is 6.81. The number of hydrogen-bond donors (Lipinski definition) is 0. The summed E-state index contributed by atoms with van der Waals surface area (Å²) >= 11 is 0. The van der Waals surface area contributed by atoms with Gasteiger partial charge in [0.25, 0.3) is 5.91 Å². The van der Waals surface area contributed by atoms with Gasteiger partial charge in [-0.3, -0.25) is 4.79 Å². The van der Waals surface area contributed by atoms with E-state index >= 15 is 0 Å². The Morgan fingerprint density at radius 3 is 3.21 bits per heavy atom. The zero-order valence-electron chi connectivity index (χ0n) is 7.42. The average Bonchev–Trinajstić information content (AvgIpc) is 2.19. The highest BCUT2D eigenvalue weighted by Gasteiger charge is 2.24. The minimum absolute atomic E-state index is 0.00767. The molecule has 0 atom stereocenters. The molecule has 0 bridgehead atoms. The summed E-state index contributed by atoms with van der Waals surface area (Å²) in [7, 11) is 0. The van der Waals surface area contributed by atoms with E-state index in [1.165, 1.54) is 5.01 Å². The van der Waals surface area contributed by atoms with Crippen molar-refractivity contribution in [3.05, 3.63) is 24.4 Å². The lowest BCUT2D eigenvalue weighted by atomic mass is 10.3. The van der Waals surface area contributed by atoms with Crippen LogP contribution in [-0.2, 0) is 4.79 Å². The van der Waals surface area contributed by atoms with Crippen molar-refractivity contribution in [2.24, 2.45) is 5.10 Å². The molecular formula is C9H8N4O. The van der Waals surface area contributed by atoms with Gasteiger partial charge in [0.1, 0.15) is 13.1 Å². The second-order valence-electron chi connectivity index (χ2n) is 2.90. The van der Waals surface area contributed by atoms with Crippen molar-refractivity contribution in [3.8, 4) is 6.07 Å². The lowest BCUT2D eigenvalue weighted by molar-refractivity contribution is -0.131. The summed E-state index contributed by atoms with van der Waals surface area (Å²) in [6, 6.07) is 1.90. The van der Waals surface area contributed by atoms with E-state index in [2.05, 4.69) is 5.10 Å². The monoisotopic (exact) mass is 188 g/mol. The van der Waals surface area contributed by atoms with Gasteiger partial charge in [-0.1, -0.05) is 6.08 Å². The molecule has 2 heterocycles. The Hall–Kier alpha value is -2.09. The zero-order valence-corrected chi connectivity index (χ0v) is 7.42. The first-order valence-corrected chi connectivity index (χ1v) is 4.18. The third-order valence-corrected chi connectivity index (χ3v) is 1.95. The van der Waals surface area contributed by atoms with Crippen LogP contribution in [-0.4, -0.2) is 34.7 Å². The topological polar surface area (TPSA) is 59.7 Å². The maximum Gasteiger partial charge on any atom is 0.263 e. The molecule has 5 nitrogen and oxygen atoms in total. The average molecular weight is 188 g/mol. The van der Waals surface area contributed by atoms with Gasteiger partial charge in [-0.15, -0.1) is 0 Å². The van der Waals surface area contributed by atoms with Crippen molar-refractivity contribution in [3.63, 3.8) is 0 Å². The maximum atomic E-state index is 11.4. The number of amides is 1. The number of rotatable bonds is 1. The van der Waals surface area contributed by atoms with Gasteiger partial charge in [-0.25, -0.2) is 5.01 Å². The summed E-state index contributed by atoms with van der Waals surface area (Å²) in [6.07, 6.45) is 7.28. The molecule has 0 radical (unpaired) electrons. The molecule has 0 aromatic heterocycles. The van der Waals surface area contributed by atoms with Gasteiger partial charge in [0.15, 0.2) is 5.84 Å². The molecule has 0 aromatic carbocycles. The van der Waals surface area contributed by atoms with E-state index in [4.69, 9.17) is 5.26 Å². The minimum Gasteiger partial charge on any atom is -0.322 e. The van der Waals surface area contributed by atoms with Crippen LogP contribution in [0.5, 0.6) is 0 Å². The predicted octanol–water partition coefficient (Wildman–Crippen LogP) is 0.0512. The molecule has 0 saturated carbocycles. The zero-order chi connectivity index (χ0) is 9.97. The first-order valence-electron chi connectivity index (χ1n) is 4.18. The number of carbonyl (C=O) groups is 1. The van der Waals surface area contributed by atoms with Crippen LogP contribution in [0.2, 0.25) is 0 Å². The molecule has 0 aromatic rings. The molecule has 0 unspecified atom stereocenters. The van der Waals surface area contributed by atoms with E-state index in [1.807, 2.05) is 18.2 Å². The lowest BCUT2D eigenvalue weighted by Gasteiger charge is -2.29. The van der Waals surface area contributed by atoms with Gasteiger partial charge in [-0.2, -0.15) is 10.4 Å². The van der Waals surface area contributed by atoms with Crippen molar-refractivity contribution in [1.29, 1.82) is 5.26 Å². The fraction of sp³-hybridized carbons (Fsp3) is 0.222. The van der Waals surface area contributed by atoms with E-state index in [9.17, 15) is 4.79 Å². The normalized spacial score (nSPS) is 19.1. The first kappa shape index (κ1) is 8.51. The number of nitriles is 1. The van der Waals surface area contributed by atoms with Gasteiger partial charge in [0.2, 0.25) is 0 Å². The maximum absolute atomic E-state index is 11.4. The van der Waals surface area contributed by atoms with Crippen LogP contribution < -0.4 is 0 Å². The van der Waals surface area contributed by atoms with Crippen molar-refractivity contribution in [2.45, 2.75) is 0 Å². The van der Waals surface area contributed by atoms with Gasteiger partial charge in [0, 0.05) is 6.20 Å². The number of hydrogen-bond acceptors (Lipinski definition) is 4. The van der Waals surface area contributed by atoms with Crippen molar-refractivity contribution in [1.82, 2.24) is 9.91 Å². The molecular weight excluding hydrogens is 180 g/mol. The van der Waals surface area contributed by atoms with Gasteiger partial charge in [0.05, 0.1) is 6.07 Å². The van der Waals surface area contributed by atoms with Gasteiger partial charge in [-0.05, 0) is 12.2 Å². The largest absolute Gasteiger partial charge is 0.322 e. The molecule has 0 saturated heterocycles. The van der Waals surface area contributed by atoms with Crippen LogP contribution in [0.3, 0.4) is 0 Å². The Balaban J connectivity index is 2.26. The molecule has 0 N–H and O–H groups in total. The summed E-state index contributed by atoms with van der Waals surface area (Å²) in [5, 5.41) is 13.7. The van der Waals surface area contributed by atoms with Crippen molar-refractivity contribution < 1.29 is 4.79 Å². The van der Waals surface area contributed by atoms with Gasteiger partial charge >= 0.3 is 0 Å². The standard InChI is InChI=1S/C9H8N4O/c10-4-6-13-9(14)7-12-5-2-1-3-8(12)11-13/h1-3,5H,6-7H2. The second-order valence-corrected chi connectivity index (χ2v) is 2.90. The molecule has 0 fully saturated rings. The SMILES string of the molecule is N#CCN1N=C2C=CC=CN2CC1=O. The Morgan fingerprint density at radius 2 is 2.43 bits per heavy atom. The number of allylic oxidation sites excluding steroid dienone is 2. The quantitative estimate of drug-likeness (QED) is 0.546. The number of fused-ring (bicyclic) bond motifs is 1. The number of amidine groups is 1. The van der Waals surface area contributed by atoms with E-state index in [1.54, 1.807) is 17.2 Å². The Bertz CT molecular complexity index is 388. The predicted molar refractivity (Wildman–Crippen MR) is 49.7 cm³/mol. The molecule has 0 spiro atoms. The third kappa shape index (κ3) is 1.38. The van der Waals surface area contributed by atoms with Crippen LogP contribution in [0.4, 0.5) is 0 Å². The highest BCUT2D eigenvalue weighted by molar-refractivity contribution is 6.00. The van der Waals surface area contributed by atoms with Crippen molar-refractivity contribution in [2.75, 3.05) is 13.1 Å². The Labute approximate surface area is 81.2 Å². The fourth-order valence-electron chi connectivity index (χ4n) is 1.29. The van der Waals surface area contributed by atoms with Crippen LogP contribution in [0.15, 0.2) is 29.5 Å². The second kappa shape index (κ2) is 3.34. The molecule has 2 aliphatic rings. The number of hydrazone groups is 1. The number of carbonyl (C=O) groups excluding carboxylic acids is 1. The molecule has 1 amide bonds. The summed E-state index contributed by atoms with van der Waals surface area (Å²) in [4.78, 5) is 13.2. The smallest absolute Gasteiger partial charge is 0.263 e. The highest BCUT2D eigenvalue weighted by atomic mass is 16.2. The van der Waals surface area contributed by atoms with Gasteiger partial charge < -0.3 is 4.90 Å². The summed E-state index contributed by atoms with van der Waals surface area (Å²) in [6.45, 7) is 0.259. The Morgan fingerprint density at radius 1 is 1.57 bits per heavy atom. The molecule has 2 rings (SSSR count). The molecule has 2 aliphatic heterocycles. The van der Waals surface area contributed by atoms with E-state index in [0.717, 1.165) is 0 Å². The van der Waals surface area contributed by atoms with E-state index < -0.39 is 0 Å². The summed E-state index contributed by atoms with van der Waals surface area (Å²) < 4.78 is 0. The van der Waals surface area contributed by atoms with E-state index in [0.29, 0.717) is 5.84 Å². The molecule has 5 heteroatoms. The molecule has 70 valence electrons. The van der Waals surface area contributed by atoms with Crippen LogP contribution in [0.1, 0.15) is 0 Å². The lowest BCUT2D eigenvalue weighted by Crippen LogP contribution is -2.44. The summed E-state index contributed by atoms with van der Waals surface area (Å²) in [5.74, 6) is 0.539. The minimum atomic E-state index is -0.157. The Kier molecular flexibility index (Phi) is 2.03. The van der Waals surface area contributed by atoms with Crippen LogP contribution >= 0.6 is 0 Å². The van der Waals surface area contributed by atoms with E-state index in [-0.39, 0.29) is 19.0 Å². The highest BCUT2D eigenvalue weighted by Crippen LogP contribution is 2.10. The number of nitrogens with zero attached hydrogens (tertiary/aromatic N) is 4.